The average molecular weight is 401 g/mol. The molecule has 134 valence electrons. The van der Waals surface area contributed by atoms with Gasteiger partial charge >= 0.3 is 0 Å². The van der Waals surface area contributed by atoms with E-state index in [4.69, 9.17) is 23.2 Å². The van der Waals surface area contributed by atoms with Crippen LogP contribution in [-0.2, 0) is 21.4 Å². The quantitative estimate of drug-likeness (QED) is 0.780. The van der Waals surface area contributed by atoms with Crippen LogP contribution in [0.4, 0.5) is 0 Å². The molecule has 0 saturated carbocycles. The van der Waals surface area contributed by atoms with Crippen molar-refractivity contribution in [2.45, 2.75) is 31.3 Å². The van der Waals surface area contributed by atoms with Gasteiger partial charge in [0.15, 0.2) is 0 Å². The topological polar surface area (TPSA) is 75.3 Å². The molecule has 0 saturated heterocycles. The van der Waals surface area contributed by atoms with Crippen LogP contribution in [0, 0.1) is 6.92 Å². The smallest absolute Gasteiger partial charge is 0.241 e. The van der Waals surface area contributed by atoms with Gasteiger partial charge in [0.05, 0.1) is 10.9 Å². The van der Waals surface area contributed by atoms with Crippen molar-refractivity contribution in [2.75, 3.05) is 0 Å². The maximum absolute atomic E-state index is 12.3. The third-order valence-corrected chi connectivity index (χ3v) is 5.67. The molecule has 2 aromatic rings. The Kier molecular flexibility index (Phi) is 6.46. The first kappa shape index (κ1) is 19.7. The fraction of sp³-hybridized carbons (Fsp3) is 0.235. The molecule has 2 N–H and O–H groups in total. The zero-order valence-electron chi connectivity index (χ0n) is 13.7. The van der Waals surface area contributed by atoms with Crippen LogP contribution in [0.3, 0.4) is 0 Å². The molecule has 2 rings (SSSR count). The van der Waals surface area contributed by atoms with E-state index in [0.29, 0.717) is 15.6 Å². The lowest BCUT2D eigenvalue weighted by Gasteiger charge is -2.15. The van der Waals surface area contributed by atoms with Crippen molar-refractivity contribution < 1.29 is 13.2 Å². The molecule has 0 aliphatic heterocycles. The summed E-state index contributed by atoms with van der Waals surface area (Å²) < 4.78 is 27.0. The van der Waals surface area contributed by atoms with Crippen LogP contribution in [0.1, 0.15) is 18.1 Å². The van der Waals surface area contributed by atoms with Gasteiger partial charge < -0.3 is 5.32 Å². The number of sulfonamides is 1. The highest BCUT2D eigenvalue weighted by atomic mass is 35.5. The number of benzene rings is 2. The number of rotatable bonds is 6. The number of carbonyl (C=O) groups excluding carboxylic acids is 1. The van der Waals surface area contributed by atoms with E-state index in [1.807, 2.05) is 6.92 Å². The number of aryl methyl sites for hydroxylation is 1. The Labute approximate surface area is 157 Å². The standard InChI is InChI=1S/C17H18Cl2N2O3S/c1-11-3-7-15(8-4-11)25(23,24)21-12(2)17(22)20-10-13-5-6-14(18)9-16(13)19/h3-9,12,21H,10H2,1-2H3,(H,20,22). The summed E-state index contributed by atoms with van der Waals surface area (Å²) in [6.45, 7) is 3.51. The Balaban J connectivity index is 1.98. The zero-order chi connectivity index (χ0) is 18.6. The molecule has 5 nitrogen and oxygen atoms in total. The van der Waals surface area contributed by atoms with Crippen LogP contribution < -0.4 is 10.0 Å². The van der Waals surface area contributed by atoms with Gasteiger partial charge in [-0.05, 0) is 43.7 Å². The molecule has 0 fully saturated rings. The van der Waals surface area contributed by atoms with Crippen molar-refractivity contribution in [3.05, 3.63) is 63.6 Å². The molecular formula is C17H18Cl2N2O3S. The Morgan fingerprint density at radius 3 is 2.36 bits per heavy atom. The van der Waals surface area contributed by atoms with Crippen molar-refractivity contribution in [1.29, 1.82) is 0 Å². The highest BCUT2D eigenvalue weighted by Gasteiger charge is 2.21. The van der Waals surface area contributed by atoms with Crippen LogP contribution in [0.2, 0.25) is 10.0 Å². The maximum Gasteiger partial charge on any atom is 0.241 e. The fourth-order valence-electron chi connectivity index (χ4n) is 2.07. The third-order valence-electron chi connectivity index (χ3n) is 3.52. The molecule has 1 unspecified atom stereocenters. The summed E-state index contributed by atoms with van der Waals surface area (Å²) >= 11 is 11.9. The molecule has 1 amide bonds. The minimum Gasteiger partial charge on any atom is -0.351 e. The Bertz CT molecular complexity index is 868. The van der Waals surface area contributed by atoms with Crippen LogP contribution in [0.5, 0.6) is 0 Å². The monoisotopic (exact) mass is 400 g/mol. The van der Waals surface area contributed by atoms with Gasteiger partial charge in [-0.2, -0.15) is 4.72 Å². The molecule has 0 radical (unpaired) electrons. The first-order valence-corrected chi connectivity index (χ1v) is 9.73. The van der Waals surface area contributed by atoms with Crippen LogP contribution in [0.15, 0.2) is 47.4 Å². The van der Waals surface area contributed by atoms with Crippen molar-refractivity contribution >= 4 is 39.1 Å². The Hall–Kier alpha value is -1.60. The van der Waals surface area contributed by atoms with Gasteiger partial charge in [0.25, 0.3) is 0 Å². The van der Waals surface area contributed by atoms with Gasteiger partial charge in [-0.1, -0.05) is 47.0 Å². The molecule has 2 aromatic carbocycles. The van der Waals surface area contributed by atoms with E-state index >= 15 is 0 Å². The van der Waals surface area contributed by atoms with Crippen molar-refractivity contribution in [3.63, 3.8) is 0 Å². The van der Waals surface area contributed by atoms with Crippen LogP contribution in [-0.4, -0.2) is 20.4 Å². The second-order valence-corrected chi connectivity index (χ2v) is 8.17. The molecule has 0 heterocycles. The lowest BCUT2D eigenvalue weighted by atomic mass is 10.2. The molecule has 0 bridgehead atoms. The van der Waals surface area contributed by atoms with Gasteiger partial charge in [0, 0.05) is 16.6 Å². The largest absolute Gasteiger partial charge is 0.351 e. The van der Waals surface area contributed by atoms with Crippen molar-refractivity contribution in [3.8, 4) is 0 Å². The third kappa shape index (κ3) is 5.44. The summed E-state index contributed by atoms with van der Waals surface area (Å²) in [5.74, 6) is -0.457. The molecule has 0 aliphatic carbocycles. The number of amides is 1. The summed E-state index contributed by atoms with van der Waals surface area (Å²) in [5.41, 5.74) is 1.64. The van der Waals surface area contributed by atoms with Crippen molar-refractivity contribution in [1.82, 2.24) is 10.0 Å². The summed E-state index contributed by atoms with van der Waals surface area (Å²) in [5, 5.41) is 3.58. The lowest BCUT2D eigenvalue weighted by Crippen LogP contribution is -2.44. The molecule has 25 heavy (non-hydrogen) atoms. The Morgan fingerprint density at radius 2 is 1.76 bits per heavy atom. The van der Waals surface area contributed by atoms with Gasteiger partial charge in [-0.15, -0.1) is 0 Å². The average Bonchev–Trinajstić information content (AvgIpc) is 2.53. The minimum atomic E-state index is -3.77. The lowest BCUT2D eigenvalue weighted by molar-refractivity contribution is -0.122. The summed E-state index contributed by atoms with van der Waals surface area (Å²) in [6.07, 6.45) is 0. The number of carbonyl (C=O) groups is 1. The minimum absolute atomic E-state index is 0.110. The highest BCUT2D eigenvalue weighted by Crippen LogP contribution is 2.20. The van der Waals surface area contributed by atoms with E-state index in [9.17, 15) is 13.2 Å². The summed E-state index contributed by atoms with van der Waals surface area (Å²) in [7, 11) is -3.77. The van der Waals surface area contributed by atoms with Gasteiger partial charge in [-0.3, -0.25) is 4.79 Å². The van der Waals surface area contributed by atoms with E-state index in [2.05, 4.69) is 10.0 Å². The molecule has 1 atom stereocenters. The second-order valence-electron chi connectivity index (χ2n) is 5.61. The molecule has 0 aromatic heterocycles. The number of hydrogen-bond donors (Lipinski definition) is 2. The first-order chi connectivity index (χ1) is 11.7. The first-order valence-electron chi connectivity index (χ1n) is 7.49. The van der Waals surface area contributed by atoms with Gasteiger partial charge in [0.1, 0.15) is 0 Å². The van der Waals surface area contributed by atoms with Crippen LogP contribution >= 0.6 is 23.2 Å². The van der Waals surface area contributed by atoms with E-state index < -0.39 is 22.0 Å². The molecule has 0 spiro atoms. The number of nitrogens with one attached hydrogen (secondary N) is 2. The molecule has 8 heteroatoms. The second kappa shape index (κ2) is 8.19. The fourth-order valence-corrected chi connectivity index (χ4v) is 3.75. The van der Waals surface area contributed by atoms with Crippen molar-refractivity contribution in [2.24, 2.45) is 0 Å². The number of hydrogen-bond acceptors (Lipinski definition) is 3. The maximum atomic E-state index is 12.3. The molecule has 0 aliphatic rings. The van der Waals surface area contributed by atoms with E-state index in [-0.39, 0.29) is 11.4 Å². The highest BCUT2D eigenvalue weighted by molar-refractivity contribution is 7.89. The summed E-state index contributed by atoms with van der Waals surface area (Å²) in [4.78, 5) is 12.3. The summed E-state index contributed by atoms with van der Waals surface area (Å²) in [6, 6.07) is 10.4. The van der Waals surface area contributed by atoms with E-state index in [0.717, 1.165) is 5.56 Å². The number of halogens is 2. The zero-order valence-corrected chi connectivity index (χ0v) is 16.0. The van der Waals surface area contributed by atoms with Gasteiger partial charge in [0.2, 0.25) is 15.9 Å². The van der Waals surface area contributed by atoms with Crippen LogP contribution in [0.25, 0.3) is 0 Å². The SMILES string of the molecule is Cc1ccc(S(=O)(=O)NC(C)C(=O)NCc2ccc(Cl)cc2Cl)cc1. The normalized spacial score (nSPS) is 12.6. The Morgan fingerprint density at radius 1 is 1.12 bits per heavy atom. The van der Waals surface area contributed by atoms with E-state index in [1.165, 1.54) is 19.1 Å². The van der Waals surface area contributed by atoms with Gasteiger partial charge in [-0.25, -0.2) is 8.42 Å². The molecular weight excluding hydrogens is 383 g/mol. The van der Waals surface area contributed by atoms with E-state index in [1.54, 1.807) is 30.3 Å². The predicted molar refractivity (Wildman–Crippen MR) is 99.3 cm³/mol. The predicted octanol–water partition coefficient (Wildman–Crippen LogP) is 3.29.